The second-order valence-corrected chi connectivity index (χ2v) is 3.87. The number of nitrogens with zero attached hydrogens (tertiary/aromatic N) is 2. The average Bonchev–Trinajstić information content (AvgIpc) is 2.96. The van der Waals surface area contributed by atoms with Gasteiger partial charge in [0, 0.05) is 17.7 Å². The van der Waals surface area contributed by atoms with E-state index in [4.69, 9.17) is 4.42 Å². The van der Waals surface area contributed by atoms with Crippen LogP contribution in [0.2, 0.25) is 0 Å². The van der Waals surface area contributed by atoms with Crippen LogP contribution in [0.15, 0.2) is 45.9 Å². The van der Waals surface area contributed by atoms with Crippen LogP contribution >= 0.6 is 0 Å². The largest absolute Gasteiger partial charge is 0.455 e. The number of hydrogen-bond donors (Lipinski definition) is 1. The van der Waals surface area contributed by atoms with Gasteiger partial charge in [-0.25, -0.2) is 10.2 Å². The van der Waals surface area contributed by atoms with Crippen molar-refractivity contribution in [1.29, 1.82) is 0 Å². The lowest BCUT2D eigenvalue weighted by molar-refractivity contribution is -0.384. The summed E-state index contributed by atoms with van der Waals surface area (Å²) in [7, 11) is 1.22. The first kappa shape index (κ1) is 14.3. The lowest BCUT2D eigenvalue weighted by Crippen LogP contribution is -2.16. The van der Waals surface area contributed by atoms with Crippen molar-refractivity contribution < 1.29 is 18.9 Å². The zero-order chi connectivity index (χ0) is 15.2. The van der Waals surface area contributed by atoms with E-state index in [1.54, 1.807) is 24.3 Å². The van der Waals surface area contributed by atoms with Gasteiger partial charge in [-0.15, -0.1) is 0 Å². The smallest absolute Gasteiger partial charge is 0.427 e. The van der Waals surface area contributed by atoms with E-state index < -0.39 is 11.0 Å². The summed E-state index contributed by atoms with van der Waals surface area (Å²) in [6, 6.07) is 9.35. The minimum atomic E-state index is -0.697. The Bertz CT molecular complexity index is 693. The van der Waals surface area contributed by atoms with Gasteiger partial charge in [-0.2, -0.15) is 5.10 Å². The summed E-state index contributed by atoms with van der Waals surface area (Å²) < 4.78 is 9.80. The number of carbonyl (C=O) groups is 1. The molecule has 0 aliphatic rings. The molecule has 1 aromatic carbocycles. The molecular formula is C13H11N3O5. The highest BCUT2D eigenvalue weighted by Crippen LogP contribution is 2.25. The first-order valence-electron chi connectivity index (χ1n) is 5.82. The molecular weight excluding hydrogens is 278 g/mol. The molecule has 0 spiro atoms. The van der Waals surface area contributed by atoms with Gasteiger partial charge in [-0.3, -0.25) is 10.1 Å². The summed E-state index contributed by atoms with van der Waals surface area (Å²) in [6.45, 7) is 0. The third-order valence-electron chi connectivity index (χ3n) is 2.50. The maximum atomic E-state index is 10.8. The van der Waals surface area contributed by atoms with Crippen LogP contribution in [0.3, 0.4) is 0 Å². The van der Waals surface area contributed by atoms with Gasteiger partial charge in [0.15, 0.2) is 0 Å². The number of nitrogens with one attached hydrogen (secondary N) is 1. The molecule has 1 amide bonds. The predicted octanol–water partition coefficient (Wildman–Crippen LogP) is 2.54. The normalized spacial score (nSPS) is 10.5. The van der Waals surface area contributed by atoms with Gasteiger partial charge in [-0.1, -0.05) is 12.1 Å². The van der Waals surface area contributed by atoms with Gasteiger partial charge in [0.1, 0.15) is 11.5 Å². The van der Waals surface area contributed by atoms with E-state index >= 15 is 0 Å². The van der Waals surface area contributed by atoms with E-state index in [1.165, 1.54) is 25.5 Å². The number of nitro benzene ring substituents is 1. The second-order valence-electron chi connectivity index (χ2n) is 3.87. The number of carbonyl (C=O) groups excluding carboxylic acids is 1. The number of rotatable bonds is 4. The van der Waals surface area contributed by atoms with Crippen LogP contribution in [0.25, 0.3) is 11.3 Å². The summed E-state index contributed by atoms with van der Waals surface area (Å²) in [5, 5.41) is 14.3. The zero-order valence-corrected chi connectivity index (χ0v) is 11.0. The SMILES string of the molecule is COC(=O)N/N=C/c1ccc(-c2cccc([N+](=O)[O-])c2)o1. The highest BCUT2D eigenvalue weighted by Gasteiger charge is 2.09. The van der Waals surface area contributed by atoms with Crippen LogP contribution in [0, 0.1) is 10.1 Å². The number of furan rings is 1. The molecule has 0 fully saturated rings. The molecule has 0 saturated carbocycles. The first-order chi connectivity index (χ1) is 10.1. The maximum absolute atomic E-state index is 10.8. The molecule has 0 aliphatic heterocycles. The Labute approximate surface area is 119 Å². The van der Waals surface area contributed by atoms with Crippen LogP contribution in [-0.4, -0.2) is 24.3 Å². The summed E-state index contributed by atoms with van der Waals surface area (Å²) in [6.07, 6.45) is 0.592. The molecule has 1 heterocycles. The molecule has 0 atom stereocenters. The summed E-state index contributed by atoms with van der Waals surface area (Å²) in [4.78, 5) is 21.0. The molecule has 1 aromatic heterocycles. The van der Waals surface area contributed by atoms with Gasteiger partial charge >= 0.3 is 6.09 Å². The molecule has 0 bridgehead atoms. The molecule has 21 heavy (non-hydrogen) atoms. The molecule has 108 valence electrons. The number of hydrazone groups is 1. The van der Waals surface area contributed by atoms with Crippen LogP contribution in [0.5, 0.6) is 0 Å². The van der Waals surface area contributed by atoms with Crippen LogP contribution in [0.4, 0.5) is 10.5 Å². The van der Waals surface area contributed by atoms with Crippen molar-refractivity contribution in [3.05, 3.63) is 52.3 Å². The van der Waals surface area contributed by atoms with Crippen LogP contribution < -0.4 is 5.43 Å². The quantitative estimate of drug-likeness (QED) is 0.528. The van der Waals surface area contributed by atoms with Crippen molar-refractivity contribution in [2.45, 2.75) is 0 Å². The number of nitro groups is 1. The molecule has 8 nitrogen and oxygen atoms in total. The highest BCUT2D eigenvalue weighted by molar-refractivity contribution is 5.79. The fourth-order valence-electron chi connectivity index (χ4n) is 1.54. The van der Waals surface area contributed by atoms with Crippen molar-refractivity contribution in [3.8, 4) is 11.3 Å². The lowest BCUT2D eigenvalue weighted by atomic mass is 10.1. The highest BCUT2D eigenvalue weighted by atomic mass is 16.6. The number of non-ortho nitro benzene ring substituents is 1. The standard InChI is InChI=1S/C13H11N3O5/c1-20-13(17)15-14-8-11-5-6-12(21-11)9-3-2-4-10(7-9)16(18)19/h2-8H,1H3,(H,15,17)/b14-8+. The monoisotopic (exact) mass is 289 g/mol. The molecule has 0 unspecified atom stereocenters. The van der Waals surface area contributed by atoms with Gasteiger partial charge in [0.05, 0.1) is 18.2 Å². The minimum absolute atomic E-state index is 0.0218. The van der Waals surface area contributed by atoms with Crippen molar-refractivity contribution in [3.63, 3.8) is 0 Å². The Hall–Kier alpha value is -3.16. The van der Waals surface area contributed by atoms with Crippen molar-refractivity contribution >= 4 is 18.0 Å². The Morgan fingerprint density at radius 3 is 2.95 bits per heavy atom. The second kappa shape index (κ2) is 6.33. The Morgan fingerprint density at radius 1 is 1.43 bits per heavy atom. The number of methoxy groups -OCH3 is 1. The summed E-state index contributed by atoms with van der Waals surface area (Å²) in [5.74, 6) is 0.839. The van der Waals surface area contributed by atoms with Gasteiger partial charge in [0.25, 0.3) is 5.69 Å². The van der Waals surface area contributed by atoms with E-state index in [-0.39, 0.29) is 5.69 Å². The lowest BCUT2D eigenvalue weighted by Gasteiger charge is -1.97. The van der Waals surface area contributed by atoms with Crippen LogP contribution in [0.1, 0.15) is 5.76 Å². The van der Waals surface area contributed by atoms with Gasteiger partial charge < -0.3 is 9.15 Å². The van der Waals surface area contributed by atoms with Gasteiger partial charge in [0.2, 0.25) is 0 Å². The number of ether oxygens (including phenoxy) is 1. The third kappa shape index (κ3) is 3.66. The van der Waals surface area contributed by atoms with Gasteiger partial charge in [-0.05, 0) is 12.1 Å². The molecule has 8 heteroatoms. The molecule has 1 N–H and O–H groups in total. The predicted molar refractivity (Wildman–Crippen MR) is 73.9 cm³/mol. The first-order valence-corrected chi connectivity index (χ1v) is 5.82. The number of benzene rings is 1. The molecule has 2 rings (SSSR count). The number of amides is 1. The van der Waals surface area contributed by atoms with E-state index in [2.05, 4.69) is 15.3 Å². The van der Waals surface area contributed by atoms with Crippen molar-refractivity contribution in [2.75, 3.05) is 7.11 Å². The molecule has 0 saturated heterocycles. The third-order valence-corrected chi connectivity index (χ3v) is 2.50. The molecule has 0 aliphatic carbocycles. The number of hydrogen-bond acceptors (Lipinski definition) is 6. The zero-order valence-electron chi connectivity index (χ0n) is 11.0. The van der Waals surface area contributed by atoms with E-state index in [0.717, 1.165) is 0 Å². The van der Waals surface area contributed by atoms with E-state index in [0.29, 0.717) is 17.1 Å². The van der Waals surface area contributed by atoms with Crippen molar-refractivity contribution in [2.24, 2.45) is 5.10 Å². The fraction of sp³-hybridized carbons (Fsp3) is 0.0769. The molecule has 2 aromatic rings. The fourth-order valence-corrected chi connectivity index (χ4v) is 1.54. The Balaban J connectivity index is 2.14. The van der Waals surface area contributed by atoms with E-state index in [1.807, 2.05) is 0 Å². The van der Waals surface area contributed by atoms with E-state index in [9.17, 15) is 14.9 Å². The molecule has 0 radical (unpaired) electrons. The average molecular weight is 289 g/mol. The Morgan fingerprint density at radius 2 is 2.24 bits per heavy atom. The maximum Gasteiger partial charge on any atom is 0.427 e. The van der Waals surface area contributed by atoms with Crippen LogP contribution in [-0.2, 0) is 4.74 Å². The summed E-state index contributed by atoms with van der Waals surface area (Å²) >= 11 is 0. The summed E-state index contributed by atoms with van der Waals surface area (Å²) in [5.41, 5.74) is 2.66. The Kier molecular flexibility index (Phi) is 4.30. The topological polar surface area (TPSA) is 107 Å². The minimum Gasteiger partial charge on any atom is -0.455 e. The van der Waals surface area contributed by atoms with Crippen molar-refractivity contribution in [1.82, 2.24) is 5.43 Å².